The molecule has 0 unspecified atom stereocenters. The largest absolute Gasteiger partial charge is 0.467 e. The molecule has 0 aliphatic heterocycles. The number of rotatable bonds is 5. The molecule has 3 aromatic rings. The van der Waals surface area contributed by atoms with Gasteiger partial charge >= 0.3 is 0 Å². The molecule has 0 bridgehead atoms. The van der Waals surface area contributed by atoms with E-state index in [-0.39, 0.29) is 5.91 Å². The number of amides is 1. The zero-order valence-corrected chi connectivity index (χ0v) is 14.6. The zero-order valence-electron chi connectivity index (χ0n) is 14.6. The second kappa shape index (κ2) is 6.56. The van der Waals surface area contributed by atoms with Crippen LogP contribution < -0.4 is 0 Å². The van der Waals surface area contributed by atoms with Gasteiger partial charge in [-0.1, -0.05) is 13.8 Å². The summed E-state index contributed by atoms with van der Waals surface area (Å²) in [5, 5.41) is 1.03. The molecule has 3 rings (SSSR count). The average molecular weight is 325 g/mol. The van der Waals surface area contributed by atoms with E-state index in [9.17, 15) is 4.79 Å². The lowest BCUT2D eigenvalue weighted by molar-refractivity contribution is -0.129. The Morgan fingerprint density at radius 3 is 2.71 bits per heavy atom. The van der Waals surface area contributed by atoms with Crippen molar-refractivity contribution in [3.8, 4) is 0 Å². The van der Waals surface area contributed by atoms with Crippen molar-refractivity contribution in [2.45, 2.75) is 39.7 Å². The van der Waals surface area contributed by atoms with Crippen LogP contribution in [0.5, 0.6) is 0 Å². The van der Waals surface area contributed by atoms with Gasteiger partial charge in [0.1, 0.15) is 11.3 Å². The van der Waals surface area contributed by atoms with Crippen LogP contribution in [0.15, 0.2) is 45.6 Å². The summed E-state index contributed by atoms with van der Waals surface area (Å²) < 4.78 is 11.0. The minimum atomic E-state index is 0.0424. The van der Waals surface area contributed by atoms with Gasteiger partial charge in [0, 0.05) is 18.0 Å². The van der Waals surface area contributed by atoms with E-state index in [2.05, 4.69) is 32.9 Å². The molecule has 1 amide bonds. The van der Waals surface area contributed by atoms with E-state index in [1.165, 1.54) is 11.1 Å². The quantitative estimate of drug-likeness (QED) is 0.685. The number of benzene rings is 1. The number of aryl methyl sites for hydroxylation is 1. The van der Waals surface area contributed by atoms with Crippen LogP contribution in [0.4, 0.5) is 0 Å². The van der Waals surface area contributed by atoms with Crippen molar-refractivity contribution >= 4 is 16.9 Å². The summed E-state index contributed by atoms with van der Waals surface area (Å²) in [4.78, 5) is 14.2. The van der Waals surface area contributed by atoms with Crippen LogP contribution in [-0.4, -0.2) is 17.9 Å². The first-order valence-corrected chi connectivity index (χ1v) is 8.22. The molecule has 126 valence electrons. The maximum absolute atomic E-state index is 12.5. The number of carbonyl (C=O) groups excluding carboxylic acids is 1. The predicted molar refractivity (Wildman–Crippen MR) is 93.9 cm³/mol. The van der Waals surface area contributed by atoms with Crippen LogP contribution in [0, 0.1) is 6.92 Å². The molecule has 0 aliphatic rings. The average Bonchev–Trinajstić information content (AvgIpc) is 3.16. The van der Waals surface area contributed by atoms with Crippen LogP contribution in [-0.2, 0) is 17.8 Å². The lowest BCUT2D eigenvalue weighted by Gasteiger charge is -2.15. The Morgan fingerprint density at radius 1 is 1.25 bits per heavy atom. The summed E-state index contributed by atoms with van der Waals surface area (Å²) in [5.74, 6) is 1.26. The fourth-order valence-electron chi connectivity index (χ4n) is 3.03. The highest BCUT2D eigenvalue weighted by Gasteiger charge is 2.16. The molecule has 0 radical (unpaired) electrons. The van der Waals surface area contributed by atoms with E-state index in [0.29, 0.717) is 18.9 Å². The number of nitrogens with zero attached hydrogens (tertiary/aromatic N) is 1. The van der Waals surface area contributed by atoms with Gasteiger partial charge in [-0.3, -0.25) is 4.79 Å². The Balaban J connectivity index is 1.81. The fourth-order valence-corrected chi connectivity index (χ4v) is 3.03. The molecule has 0 atom stereocenters. The number of hydrogen-bond acceptors (Lipinski definition) is 3. The summed E-state index contributed by atoms with van der Waals surface area (Å²) in [6.07, 6.45) is 3.64. The van der Waals surface area contributed by atoms with E-state index in [1.54, 1.807) is 24.5 Å². The molecular weight excluding hydrogens is 302 g/mol. The fraction of sp³-hybridized carbons (Fsp3) is 0.350. The van der Waals surface area contributed by atoms with E-state index >= 15 is 0 Å². The lowest BCUT2D eigenvalue weighted by Crippen LogP contribution is -2.27. The Labute approximate surface area is 142 Å². The van der Waals surface area contributed by atoms with Crippen molar-refractivity contribution in [2.24, 2.45) is 0 Å². The Bertz CT molecular complexity index is 843. The number of hydrogen-bond donors (Lipinski definition) is 0. The molecule has 0 saturated carbocycles. The van der Waals surface area contributed by atoms with Crippen LogP contribution in [0.25, 0.3) is 11.0 Å². The minimum Gasteiger partial charge on any atom is -0.467 e. The normalized spacial score (nSPS) is 11.4. The van der Waals surface area contributed by atoms with Crippen molar-refractivity contribution in [2.75, 3.05) is 7.05 Å². The highest BCUT2D eigenvalue weighted by molar-refractivity contribution is 5.88. The van der Waals surface area contributed by atoms with Crippen LogP contribution in [0.1, 0.15) is 42.2 Å². The summed E-state index contributed by atoms with van der Waals surface area (Å²) in [5.41, 5.74) is 4.29. The molecule has 1 aromatic carbocycles. The Kier molecular flexibility index (Phi) is 4.47. The molecule has 4 heteroatoms. The number of likely N-dealkylation sites (N-methyl/N-ethyl adjacent to an activating group) is 1. The highest BCUT2D eigenvalue weighted by Crippen LogP contribution is 2.29. The van der Waals surface area contributed by atoms with Crippen molar-refractivity contribution in [3.05, 3.63) is 59.2 Å². The van der Waals surface area contributed by atoms with Crippen molar-refractivity contribution in [1.82, 2.24) is 4.90 Å². The van der Waals surface area contributed by atoms with Gasteiger partial charge in [0.25, 0.3) is 0 Å². The minimum absolute atomic E-state index is 0.0424. The van der Waals surface area contributed by atoms with Gasteiger partial charge in [-0.05, 0) is 48.2 Å². The first-order valence-electron chi connectivity index (χ1n) is 8.22. The monoisotopic (exact) mass is 325 g/mol. The summed E-state index contributed by atoms with van der Waals surface area (Å²) in [6.45, 7) is 6.92. The Morgan fingerprint density at radius 2 is 2.04 bits per heavy atom. The molecular formula is C20H23NO3. The third-order valence-electron chi connectivity index (χ3n) is 4.40. The SMILES string of the molecule is Cc1cc2occ(CC(=O)N(C)Cc3ccco3)c2cc1C(C)C. The van der Waals surface area contributed by atoms with E-state index < -0.39 is 0 Å². The standard InChI is InChI=1S/C20H23NO3/c1-13(2)17-10-18-15(12-24-19(18)8-14(17)3)9-20(22)21(4)11-16-6-5-7-23-16/h5-8,10,12-13H,9,11H2,1-4H3. The van der Waals surface area contributed by atoms with Gasteiger partial charge in [0.2, 0.25) is 5.91 Å². The van der Waals surface area contributed by atoms with E-state index in [0.717, 1.165) is 22.3 Å². The number of furan rings is 2. The van der Waals surface area contributed by atoms with Crippen LogP contribution in [0.3, 0.4) is 0 Å². The van der Waals surface area contributed by atoms with Gasteiger partial charge in [-0.15, -0.1) is 0 Å². The highest BCUT2D eigenvalue weighted by atomic mass is 16.3. The number of fused-ring (bicyclic) bond motifs is 1. The lowest BCUT2D eigenvalue weighted by atomic mass is 9.95. The zero-order chi connectivity index (χ0) is 17.3. The van der Waals surface area contributed by atoms with E-state index in [1.807, 2.05) is 12.1 Å². The molecule has 0 spiro atoms. The van der Waals surface area contributed by atoms with Gasteiger partial charge in [0.05, 0.1) is 25.5 Å². The van der Waals surface area contributed by atoms with Crippen molar-refractivity contribution in [3.63, 3.8) is 0 Å². The molecule has 2 aromatic heterocycles. The first kappa shape index (κ1) is 16.4. The topological polar surface area (TPSA) is 46.6 Å². The molecule has 0 aliphatic carbocycles. The van der Waals surface area contributed by atoms with Gasteiger partial charge in [-0.25, -0.2) is 0 Å². The Hall–Kier alpha value is -2.49. The molecule has 4 nitrogen and oxygen atoms in total. The smallest absolute Gasteiger partial charge is 0.227 e. The number of carbonyl (C=O) groups is 1. The summed E-state index contributed by atoms with van der Waals surface area (Å²) in [6, 6.07) is 7.92. The first-order chi connectivity index (χ1) is 11.5. The third-order valence-corrected chi connectivity index (χ3v) is 4.40. The second-order valence-corrected chi connectivity index (χ2v) is 6.63. The maximum Gasteiger partial charge on any atom is 0.227 e. The van der Waals surface area contributed by atoms with Crippen LogP contribution >= 0.6 is 0 Å². The predicted octanol–water partition coefficient (Wildman–Crippen LogP) is 4.66. The van der Waals surface area contributed by atoms with Crippen LogP contribution in [0.2, 0.25) is 0 Å². The van der Waals surface area contributed by atoms with E-state index in [4.69, 9.17) is 8.83 Å². The maximum atomic E-state index is 12.5. The molecule has 24 heavy (non-hydrogen) atoms. The molecule has 2 heterocycles. The summed E-state index contributed by atoms with van der Waals surface area (Å²) in [7, 11) is 1.79. The second-order valence-electron chi connectivity index (χ2n) is 6.63. The third kappa shape index (κ3) is 3.23. The van der Waals surface area contributed by atoms with Crippen molar-refractivity contribution < 1.29 is 13.6 Å². The van der Waals surface area contributed by atoms with Gasteiger partial charge < -0.3 is 13.7 Å². The van der Waals surface area contributed by atoms with Gasteiger partial charge in [0.15, 0.2) is 0 Å². The van der Waals surface area contributed by atoms with Crippen molar-refractivity contribution in [1.29, 1.82) is 0 Å². The molecule has 0 fully saturated rings. The van der Waals surface area contributed by atoms with Gasteiger partial charge in [-0.2, -0.15) is 0 Å². The summed E-state index contributed by atoms with van der Waals surface area (Å²) >= 11 is 0. The molecule has 0 N–H and O–H groups in total. The molecule has 0 saturated heterocycles.